The SMILES string of the molecule is Cc1ccc(S(=O)(=O)N(CC(=O)N(Cc2ccc(Cl)cc2)[C@@H](Cc2ccccc2)C(=O)NC2CCCCC2)c2ccc(Cl)cc2C)cc1. The lowest BCUT2D eigenvalue weighted by atomic mass is 9.94. The van der Waals surface area contributed by atoms with Gasteiger partial charge in [-0.3, -0.25) is 13.9 Å². The highest BCUT2D eigenvalue weighted by atomic mass is 35.5. The number of sulfonamides is 1. The molecule has 1 aliphatic carbocycles. The standard InChI is InChI=1S/C38H41Cl2N3O4S/c1-27-13-20-34(21-14-27)48(46,47)43(35-22-19-32(40)23-28(35)2)26-37(44)42(25-30-15-17-31(39)18-16-30)36(24-29-9-5-3-6-10-29)38(45)41-33-11-7-4-8-12-33/h3,5-6,9-10,13-23,33,36H,4,7-8,11-12,24-26H2,1-2H3,(H,41,45)/t36-/m0/s1. The summed E-state index contributed by atoms with van der Waals surface area (Å²) in [6.45, 7) is 3.17. The number of hydrogen-bond acceptors (Lipinski definition) is 4. The van der Waals surface area contributed by atoms with Gasteiger partial charge in [0.2, 0.25) is 11.8 Å². The summed E-state index contributed by atoms with van der Waals surface area (Å²) < 4.78 is 29.8. The van der Waals surface area contributed by atoms with Gasteiger partial charge in [-0.05, 0) is 85.8 Å². The van der Waals surface area contributed by atoms with Crippen LogP contribution in [0.4, 0.5) is 5.69 Å². The van der Waals surface area contributed by atoms with Crippen LogP contribution in [0.3, 0.4) is 0 Å². The maximum Gasteiger partial charge on any atom is 0.264 e. The number of anilines is 1. The molecule has 0 bridgehead atoms. The zero-order valence-electron chi connectivity index (χ0n) is 27.2. The molecule has 7 nitrogen and oxygen atoms in total. The zero-order chi connectivity index (χ0) is 34.3. The van der Waals surface area contributed by atoms with Crippen LogP contribution in [0.2, 0.25) is 10.0 Å². The molecule has 0 saturated heterocycles. The van der Waals surface area contributed by atoms with E-state index in [1.165, 1.54) is 17.0 Å². The van der Waals surface area contributed by atoms with Crippen LogP contribution in [0.5, 0.6) is 0 Å². The van der Waals surface area contributed by atoms with Crippen molar-refractivity contribution in [1.29, 1.82) is 0 Å². The van der Waals surface area contributed by atoms with Gasteiger partial charge in [0.25, 0.3) is 10.0 Å². The maximum atomic E-state index is 14.7. The minimum atomic E-state index is -4.22. The summed E-state index contributed by atoms with van der Waals surface area (Å²) in [4.78, 5) is 30.5. The average Bonchev–Trinajstić information content (AvgIpc) is 3.07. The Hall–Kier alpha value is -3.85. The number of halogens is 2. The third-order valence-electron chi connectivity index (χ3n) is 8.80. The van der Waals surface area contributed by atoms with E-state index in [2.05, 4.69) is 5.32 Å². The number of carbonyl (C=O) groups is 2. The van der Waals surface area contributed by atoms with Gasteiger partial charge in [-0.25, -0.2) is 8.42 Å². The lowest BCUT2D eigenvalue weighted by Crippen LogP contribution is -2.55. The molecule has 2 amide bonds. The highest BCUT2D eigenvalue weighted by Gasteiger charge is 2.36. The first-order valence-electron chi connectivity index (χ1n) is 16.2. The summed E-state index contributed by atoms with van der Waals surface area (Å²) in [5, 5.41) is 4.22. The number of aryl methyl sites for hydroxylation is 2. The Morgan fingerprint density at radius 1 is 0.812 bits per heavy atom. The van der Waals surface area contributed by atoms with E-state index < -0.39 is 28.5 Å². The van der Waals surface area contributed by atoms with Gasteiger partial charge < -0.3 is 10.2 Å². The van der Waals surface area contributed by atoms with Crippen molar-refractivity contribution in [1.82, 2.24) is 10.2 Å². The second kappa shape index (κ2) is 16.0. The smallest absolute Gasteiger partial charge is 0.264 e. The first kappa shape index (κ1) is 35.5. The second-order valence-electron chi connectivity index (χ2n) is 12.5. The normalized spacial score (nSPS) is 14.2. The monoisotopic (exact) mass is 705 g/mol. The Morgan fingerprint density at radius 3 is 2.10 bits per heavy atom. The van der Waals surface area contributed by atoms with Crippen LogP contribution in [-0.2, 0) is 32.6 Å². The summed E-state index contributed by atoms with van der Waals surface area (Å²) in [5.41, 5.74) is 3.46. The topological polar surface area (TPSA) is 86.8 Å². The third kappa shape index (κ3) is 8.98. The number of rotatable bonds is 12. The predicted molar refractivity (Wildman–Crippen MR) is 193 cm³/mol. The first-order chi connectivity index (χ1) is 23.0. The fourth-order valence-corrected chi connectivity index (χ4v) is 7.97. The Kier molecular flexibility index (Phi) is 11.8. The van der Waals surface area contributed by atoms with Gasteiger partial charge >= 0.3 is 0 Å². The molecule has 1 N–H and O–H groups in total. The number of nitrogens with one attached hydrogen (secondary N) is 1. The fourth-order valence-electron chi connectivity index (χ4n) is 6.13. The van der Waals surface area contributed by atoms with Crippen LogP contribution in [-0.4, -0.2) is 43.8 Å². The van der Waals surface area contributed by atoms with E-state index in [0.29, 0.717) is 21.3 Å². The molecule has 1 aliphatic rings. The van der Waals surface area contributed by atoms with Gasteiger partial charge in [-0.2, -0.15) is 0 Å². The molecule has 0 unspecified atom stereocenters. The van der Waals surface area contributed by atoms with Crippen molar-refractivity contribution in [3.05, 3.63) is 129 Å². The van der Waals surface area contributed by atoms with E-state index in [1.807, 2.05) is 49.4 Å². The molecule has 0 heterocycles. The van der Waals surface area contributed by atoms with Crippen molar-refractivity contribution in [2.24, 2.45) is 0 Å². The molecule has 0 aromatic heterocycles. The number of carbonyl (C=O) groups excluding carboxylic acids is 2. The summed E-state index contributed by atoms with van der Waals surface area (Å²) in [5.74, 6) is -0.779. The third-order valence-corrected chi connectivity index (χ3v) is 11.1. The molecule has 48 heavy (non-hydrogen) atoms. The van der Waals surface area contributed by atoms with Crippen molar-refractivity contribution in [2.45, 2.75) is 75.9 Å². The minimum Gasteiger partial charge on any atom is -0.352 e. The van der Waals surface area contributed by atoms with Crippen molar-refractivity contribution < 1.29 is 18.0 Å². The van der Waals surface area contributed by atoms with Crippen molar-refractivity contribution in [3.63, 3.8) is 0 Å². The molecule has 4 aromatic carbocycles. The van der Waals surface area contributed by atoms with Crippen LogP contribution in [0.15, 0.2) is 102 Å². The zero-order valence-corrected chi connectivity index (χ0v) is 29.6. The van der Waals surface area contributed by atoms with E-state index in [4.69, 9.17) is 23.2 Å². The Morgan fingerprint density at radius 2 is 1.46 bits per heavy atom. The largest absolute Gasteiger partial charge is 0.352 e. The summed E-state index contributed by atoms with van der Waals surface area (Å²) >= 11 is 12.5. The van der Waals surface area contributed by atoms with Gasteiger partial charge in [-0.1, -0.05) is 103 Å². The summed E-state index contributed by atoms with van der Waals surface area (Å²) in [6, 6.07) is 27.2. The van der Waals surface area contributed by atoms with Gasteiger partial charge in [0, 0.05) is 29.1 Å². The van der Waals surface area contributed by atoms with Crippen molar-refractivity contribution in [2.75, 3.05) is 10.8 Å². The molecule has 0 spiro atoms. The molecule has 1 atom stereocenters. The highest BCUT2D eigenvalue weighted by molar-refractivity contribution is 7.92. The van der Waals surface area contributed by atoms with E-state index >= 15 is 0 Å². The Bertz CT molecular complexity index is 1810. The molecular formula is C38H41Cl2N3O4S. The van der Waals surface area contributed by atoms with E-state index in [0.717, 1.165) is 53.1 Å². The van der Waals surface area contributed by atoms with Crippen LogP contribution < -0.4 is 9.62 Å². The molecule has 10 heteroatoms. The lowest BCUT2D eigenvalue weighted by molar-refractivity contribution is -0.140. The average molecular weight is 707 g/mol. The van der Waals surface area contributed by atoms with Crippen molar-refractivity contribution in [3.8, 4) is 0 Å². The lowest BCUT2D eigenvalue weighted by Gasteiger charge is -2.35. The van der Waals surface area contributed by atoms with Crippen LogP contribution in [0.25, 0.3) is 0 Å². The summed E-state index contributed by atoms with van der Waals surface area (Å²) in [7, 11) is -4.22. The number of amides is 2. The van der Waals surface area contributed by atoms with E-state index in [-0.39, 0.29) is 29.8 Å². The Balaban J connectivity index is 1.58. The van der Waals surface area contributed by atoms with Gasteiger partial charge in [0.05, 0.1) is 10.6 Å². The quantitative estimate of drug-likeness (QED) is 0.162. The van der Waals surface area contributed by atoms with E-state index in [9.17, 15) is 18.0 Å². The number of benzene rings is 4. The van der Waals surface area contributed by atoms with E-state index in [1.54, 1.807) is 49.4 Å². The van der Waals surface area contributed by atoms with Crippen LogP contribution in [0.1, 0.15) is 54.4 Å². The van der Waals surface area contributed by atoms with Crippen LogP contribution in [0, 0.1) is 13.8 Å². The highest BCUT2D eigenvalue weighted by Crippen LogP contribution is 2.30. The molecule has 0 radical (unpaired) electrons. The molecule has 1 fully saturated rings. The summed E-state index contributed by atoms with van der Waals surface area (Å²) in [6.07, 6.45) is 5.22. The van der Waals surface area contributed by atoms with Crippen LogP contribution >= 0.6 is 23.2 Å². The first-order valence-corrected chi connectivity index (χ1v) is 18.4. The van der Waals surface area contributed by atoms with Gasteiger partial charge in [0.1, 0.15) is 12.6 Å². The molecule has 0 aliphatic heterocycles. The van der Waals surface area contributed by atoms with Crippen molar-refractivity contribution >= 4 is 50.7 Å². The maximum absolute atomic E-state index is 14.7. The molecular weight excluding hydrogens is 665 g/mol. The number of nitrogens with zero attached hydrogens (tertiary/aromatic N) is 2. The fraction of sp³-hybridized carbons (Fsp3) is 0.316. The second-order valence-corrected chi connectivity index (χ2v) is 15.2. The van der Waals surface area contributed by atoms with Gasteiger partial charge in [0.15, 0.2) is 0 Å². The minimum absolute atomic E-state index is 0.0205. The molecule has 252 valence electrons. The molecule has 4 aromatic rings. The predicted octanol–water partition coefficient (Wildman–Crippen LogP) is 7.89. The number of hydrogen-bond donors (Lipinski definition) is 1. The molecule has 1 saturated carbocycles. The van der Waals surface area contributed by atoms with Gasteiger partial charge in [-0.15, -0.1) is 0 Å². The Labute approximate surface area is 293 Å². The molecule has 5 rings (SSSR count).